The average molecular weight is 362 g/mol. The highest BCUT2D eigenvalue weighted by atomic mass is 15.3. The Labute approximate surface area is 156 Å². The first-order valence-electron chi connectivity index (χ1n) is 9.14. The van der Waals surface area contributed by atoms with Crippen LogP contribution in [0.5, 0.6) is 0 Å². The van der Waals surface area contributed by atoms with Gasteiger partial charge in [0, 0.05) is 31.1 Å². The molecule has 3 aromatic heterocycles. The molecule has 5 rings (SSSR count). The van der Waals surface area contributed by atoms with E-state index in [4.69, 9.17) is 10.7 Å². The molecule has 1 aliphatic heterocycles. The van der Waals surface area contributed by atoms with Gasteiger partial charge in [-0.05, 0) is 43.2 Å². The van der Waals surface area contributed by atoms with Crippen molar-refractivity contribution >= 4 is 17.0 Å². The summed E-state index contributed by atoms with van der Waals surface area (Å²) < 4.78 is 0. The summed E-state index contributed by atoms with van der Waals surface area (Å²) >= 11 is 0. The molecule has 0 amide bonds. The fourth-order valence-electron chi connectivity index (χ4n) is 3.35. The van der Waals surface area contributed by atoms with Crippen LogP contribution in [0.3, 0.4) is 0 Å². The van der Waals surface area contributed by atoms with Crippen LogP contribution in [-0.2, 0) is 12.2 Å². The van der Waals surface area contributed by atoms with Gasteiger partial charge in [-0.3, -0.25) is 10.8 Å². The summed E-state index contributed by atoms with van der Waals surface area (Å²) in [6.45, 7) is 0.616. The van der Waals surface area contributed by atoms with Crippen LogP contribution in [0.25, 0.3) is 11.0 Å². The zero-order valence-corrected chi connectivity index (χ0v) is 15.1. The largest absolute Gasteiger partial charge is 0.360 e. The molecule has 4 heterocycles. The van der Waals surface area contributed by atoms with Gasteiger partial charge in [0.1, 0.15) is 5.69 Å². The summed E-state index contributed by atoms with van der Waals surface area (Å²) in [5.41, 5.74) is 10.4. The fourth-order valence-corrected chi connectivity index (χ4v) is 3.35. The minimum Gasteiger partial charge on any atom is -0.360 e. The predicted octanol–water partition coefficient (Wildman–Crippen LogP) is 1.88. The molecule has 0 saturated heterocycles. The second kappa shape index (κ2) is 5.95. The van der Waals surface area contributed by atoms with Crippen LogP contribution in [0.4, 0.5) is 0 Å². The van der Waals surface area contributed by atoms with Crippen LogP contribution in [0.15, 0.2) is 47.7 Å². The van der Waals surface area contributed by atoms with Gasteiger partial charge in [0.25, 0.3) is 0 Å². The lowest BCUT2D eigenvalue weighted by molar-refractivity contribution is 0.452. The summed E-state index contributed by atoms with van der Waals surface area (Å²) in [6.07, 6.45) is 7.98. The van der Waals surface area contributed by atoms with Crippen LogP contribution in [0.1, 0.15) is 35.8 Å². The van der Waals surface area contributed by atoms with Crippen molar-refractivity contribution in [3.63, 3.8) is 0 Å². The highest BCUT2D eigenvalue weighted by Crippen LogP contribution is 2.40. The second-order valence-corrected chi connectivity index (χ2v) is 7.29. The lowest BCUT2D eigenvalue weighted by Gasteiger charge is -2.29. The molecule has 8 nitrogen and oxygen atoms in total. The third-order valence-corrected chi connectivity index (χ3v) is 5.09. The summed E-state index contributed by atoms with van der Waals surface area (Å²) in [5.74, 6) is 1.29. The maximum atomic E-state index is 6.55. The van der Waals surface area contributed by atoms with Gasteiger partial charge >= 0.3 is 0 Å². The maximum Gasteiger partial charge on any atom is 0.200 e. The summed E-state index contributed by atoms with van der Waals surface area (Å²) in [7, 11) is 1.97. The molecule has 1 unspecified atom stereocenters. The first-order valence-corrected chi connectivity index (χ1v) is 9.14. The highest BCUT2D eigenvalue weighted by molar-refractivity contribution is 5.82. The van der Waals surface area contributed by atoms with Crippen molar-refractivity contribution < 1.29 is 0 Å². The van der Waals surface area contributed by atoms with E-state index in [0.717, 1.165) is 28.1 Å². The number of guanidine groups is 1. The monoisotopic (exact) mass is 362 g/mol. The third-order valence-electron chi connectivity index (χ3n) is 5.09. The van der Waals surface area contributed by atoms with Gasteiger partial charge in [-0.25, -0.2) is 9.98 Å². The van der Waals surface area contributed by atoms with Gasteiger partial charge in [-0.15, -0.1) is 0 Å². The molecule has 1 fully saturated rings. The molecule has 1 saturated carbocycles. The van der Waals surface area contributed by atoms with Gasteiger partial charge in [-0.2, -0.15) is 5.10 Å². The second-order valence-electron chi connectivity index (χ2n) is 7.29. The molecular weight excluding hydrogens is 340 g/mol. The topological polar surface area (TPSA) is 111 Å². The zero-order chi connectivity index (χ0) is 18.4. The van der Waals surface area contributed by atoms with Crippen LogP contribution in [0.2, 0.25) is 0 Å². The van der Waals surface area contributed by atoms with E-state index in [-0.39, 0.29) is 0 Å². The Balaban J connectivity index is 1.37. The maximum absolute atomic E-state index is 6.55. The smallest absolute Gasteiger partial charge is 0.200 e. The number of nitrogens with one attached hydrogen (secondary N) is 3. The molecule has 1 aliphatic carbocycles. The normalized spacial score (nSPS) is 21.9. The van der Waals surface area contributed by atoms with E-state index in [2.05, 4.69) is 25.5 Å². The van der Waals surface area contributed by atoms with Gasteiger partial charge in [0.15, 0.2) is 5.66 Å². The number of rotatable bonds is 4. The number of H-pyrrole nitrogens is 2. The zero-order valence-electron chi connectivity index (χ0n) is 15.1. The molecule has 5 N–H and O–H groups in total. The Morgan fingerprint density at radius 3 is 3.04 bits per heavy atom. The number of hydrogen-bond acceptors (Lipinski definition) is 6. The Kier molecular flexibility index (Phi) is 3.54. The number of nitrogens with zero attached hydrogens (tertiary/aromatic N) is 4. The van der Waals surface area contributed by atoms with E-state index in [0.29, 0.717) is 18.4 Å². The van der Waals surface area contributed by atoms with Crippen molar-refractivity contribution in [3.8, 4) is 0 Å². The highest BCUT2D eigenvalue weighted by Gasteiger charge is 2.33. The van der Waals surface area contributed by atoms with Crippen molar-refractivity contribution in [2.75, 3.05) is 7.05 Å². The Morgan fingerprint density at radius 1 is 1.30 bits per heavy atom. The molecule has 3 aromatic rings. The lowest BCUT2D eigenvalue weighted by Crippen LogP contribution is -2.45. The average Bonchev–Trinajstić information content (AvgIpc) is 3.19. The number of nitrogens with two attached hydrogens (primary N) is 1. The van der Waals surface area contributed by atoms with Crippen molar-refractivity contribution in [3.05, 3.63) is 59.8 Å². The number of aliphatic imine (C=N–C) groups is 1. The SMILES string of the molecule is CN(Cc1ccc2[nH]ccc2n1)C1=NC(N)(c2cc(C3CC3)[nH]n2)C=CN1. The number of fused-ring (bicyclic) bond motifs is 1. The van der Waals surface area contributed by atoms with Crippen molar-refractivity contribution in [1.29, 1.82) is 0 Å². The first-order chi connectivity index (χ1) is 13.1. The fraction of sp³-hybridized carbons (Fsp3) is 0.316. The van der Waals surface area contributed by atoms with Crippen molar-refractivity contribution in [2.24, 2.45) is 10.7 Å². The van der Waals surface area contributed by atoms with E-state index in [1.807, 2.05) is 54.7 Å². The minimum atomic E-state index is -0.976. The van der Waals surface area contributed by atoms with E-state index >= 15 is 0 Å². The van der Waals surface area contributed by atoms with Crippen LogP contribution < -0.4 is 11.1 Å². The van der Waals surface area contributed by atoms with Crippen LogP contribution >= 0.6 is 0 Å². The molecule has 0 aromatic carbocycles. The third kappa shape index (κ3) is 2.97. The summed E-state index contributed by atoms with van der Waals surface area (Å²) in [4.78, 5) is 14.6. The molecule has 27 heavy (non-hydrogen) atoms. The van der Waals surface area contributed by atoms with Gasteiger partial charge in [0.05, 0.1) is 23.3 Å². The quantitative estimate of drug-likeness (QED) is 0.566. The molecule has 0 radical (unpaired) electrons. The molecule has 2 aliphatic rings. The predicted molar refractivity (Wildman–Crippen MR) is 104 cm³/mol. The van der Waals surface area contributed by atoms with Crippen LogP contribution in [0, 0.1) is 0 Å². The van der Waals surface area contributed by atoms with Crippen molar-refractivity contribution in [1.82, 2.24) is 30.4 Å². The standard InChI is InChI=1S/C19H22N8/c1-27(11-13-4-5-14-15(23-13)6-8-21-14)18-22-9-7-19(20,24-18)17-10-16(25-26-17)12-2-3-12/h4-10,12,21H,2-3,11,20H2,1H3,(H,22,24)(H,25,26). The number of pyridine rings is 1. The molecule has 0 spiro atoms. The first kappa shape index (κ1) is 16.1. The van der Waals surface area contributed by atoms with Crippen LogP contribution in [-0.4, -0.2) is 38.1 Å². The molecule has 8 heteroatoms. The summed E-state index contributed by atoms with van der Waals surface area (Å²) in [5, 5.41) is 10.7. The van der Waals surface area contributed by atoms with E-state index in [9.17, 15) is 0 Å². The van der Waals surface area contributed by atoms with Crippen molar-refractivity contribution in [2.45, 2.75) is 31.0 Å². The number of aromatic amines is 2. The van der Waals surface area contributed by atoms with Gasteiger partial charge < -0.3 is 15.2 Å². The van der Waals surface area contributed by atoms with Gasteiger partial charge in [0.2, 0.25) is 5.96 Å². The Morgan fingerprint density at radius 2 is 2.19 bits per heavy atom. The number of aromatic nitrogens is 4. The Hall–Kier alpha value is -3.13. The van der Waals surface area contributed by atoms with Gasteiger partial charge in [-0.1, -0.05) is 0 Å². The van der Waals surface area contributed by atoms with E-state index in [1.165, 1.54) is 12.8 Å². The molecular formula is C19H22N8. The number of hydrogen-bond donors (Lipinski definition) is 4. The lowest BCUT2D eigenvalue weighted by atomic mass is 10.1. The molecule has 138 valence electrons. The minimum absolute atomic E-state index is 0.598. The molecule has 1 atom stereocenters. The van der Waals surface area contributed by atoms with E-state index in [1.54, 1.807) is 0 Å². The van der Waals surface area contributed by atoms with E-state index < -0.39 is 5.66 Å². The molecule has 0 bridgehead atoms. The summed E-state index contributed by atoms with van der Waals surface area (Å²) in [6, 6.07) is 8.06. The Bertz CT molecular complexity index is 1040.